The van der Waals surface area contributed by atoms with Crippen LogP contribution in [-0.2, 0) is 15.6 Å². The Bertz CT molecular complexity index is 836. The quantitative estimate of drug-likeness (QED) is 0.539. The molecule has 1 aromatic heterocycles. The van der Waals surface area contributed by atoms with Gasteiger partial charge in [0.15, 0.2) is 8.24 Å². The summed E-state index contributed by atoms with van der Waals surface area (Å²) in [6.45, 7) is 22.5. The number of hydrogen-bond acceptors (Lipinski definition) is 2. The van der Waals surface area contributed by atoms with E-state index >= 15 is 0 Å². The van der Waals surface area contributed by atoms with Gasteiger partial charge < -0.3 is 8.66 Å². The Hall–Kier alpha value is -1.34. The number of carbonyl (C=O) groups excluding carboxylic acids is 1. The summed E-state index contributed by atoms with van der Waals surface area (Å²) in [7, 11) is -3.88. The minimum absolute atomic E-state index is 0.0256. The number of aromatic nitrogens is 1. The standard InChI is InChI=1S/C22H37NO2Si2/c1-21(2,3)26(7,8)23-16-17(18-13-11-12-14-19(18)23)15-20(24)25-27(9,10)22(4,5)6/h11-14,16H,15H2,1-10H3. The van der Waals surface area contributed by atoms with E-state index in [-0.39, 0.29) is 16.0 Å². The van der Waals surface area contributed by atoms with Crippen molar-refractivity contribution in [3.8, 4) is 0 Å². The van der Waals surface area contributed by atoms with Crippen molar-refractivity contribution in [2.24, 2.45) is 0 Å². The van der Waals surface area contributed by atoms with E-state index in [0.717, 1.165) is 5.56 Å². The SMILES string of the molecule is CC(C)(C)[Si](C)(C)OC(=O)Cc1cn([Si](C)(C)C(C)(C)C)c2ccccc12. The lowest BCUT2D eigenvalue weighted by atomic mass is 10.1. The van der Waals surface area contributed by atoms with Gasteiger partial charge in [-0.05, 0) is 41.0 Å². The van der Waals surface area contributed by atoms with E-state index in [1.54, 1.807) is 0 Å². The molecule has 0 radical (unpaired) electrons. The van der Waals surface area contributed by atoms with Gasteiger partial charge in [0.05, 0.1) is 6.42 Å². The minimum Gasteiger partial charge on any atom is -0.519 e. The average molecular weight is 404 g/mol. The Morgan fingerprint density at radius 3 is 2.04 bits per heavy atom. The van der Waals surface area contributed by atoms with Crippen LogP contribution < -0.4 is 0 Å². The fourth-order valence-electron chi connectivity index (χ4n) is 2.84. The lowest BCUT2D eigenvalue weighted by Crippen LogP contribution is -2.45. The van der Waals surface area contributed by atoms with Crippen LogP contribution in [0.3, 0.4) is 0 Å². The zero-order valence-electron chi connectivity index (χ0n) is 18.9. The predicted molar refractivity (Wildman–Crippen MR) is 122 cm³/mol. The third-order valence-corrected chi connectivity index (χ3v) is 16.3. The normalized spacial score (nSPS) is 13.9. The van der Waals surface area contributed by atoms with Gasteiger partial charge in [-0.25, -0.2) is 0 Å². The maximum absolute atomic E-state index is 12.8. The van der Waals surface area contributed by atoms with Crippen LogP contribution in [0.25, 0.3) is 10.9 Å². The van der Waals surface area contributed by atoms with Crippen LogP contribution in [-0.4, -0.2) is 26.8 Å². The molecule has 5 heteroatoms. The topological polar surface area (TPSA) is 31.2 Å². The molecule has 1 heterocycles. The molecule has 0 unspecified atom stereocenters. The maximum Gasteiger partial charge on any atom is 0.297 e. The summed E-state index contributed by atoms with van der Waals surface area (Å²) in [5.74, 6) is -0.0975. The molecule has 0 aliphatic rings. The molecule has 0 bridgehead atoms. The van der Waals surface area contributed by atoms with Crippen molar-refractivity contribution in [1.82, 2.24) is 4.23 Å². The Morgan fingerprint density at radius 2 is 1.52 bits per heavy atom. The lowest BCUT2D eigenvalue weighted by Gasteiger charge is -2.38. The van der Waals surface area contributed by atoms with Crippen molar-refractivity contribution in [3.05, 3.63) is 36.0 Å². The lowest BCUT2D eigenvalue weighted by molar-refractivity contribution is -0.134. The molecule has 150 valence electrons. The summed E-state index contributed by atoms with van der Waals surface area (Å²) in [5, 5.41) is 1.42. The number of benzene rings is 1. The zero-order chi connectivity index (χ0) is 20.8. The summed E-state index contributed by atoms with van der Waals surface area (Å²) in [4.78, 5) is 12.8. The van der Waals surface area contributed by atoms with Crippen LogP contribution in [0.1, 0.15) is 47.1 Å². The first-order valence-corrected chi connectivity index (χ1v) is 15.7. The summed E-state index contributed by atoms with van der Waals surface area (Å²) in [5.41, 5.74) is 2.32. The molecule has 0 saturated carbocycles. The first kappa shape index (κ1) is 22.0. The number of rotatable bonds is 4. The van der Waals surface area contributed by atoms with Crippen LogP contribution >= 0.6 is 0 Å². The van der Waals surface area contributed by atoms with E-state index in [0.29, 0.717) is 6.42 Å². The first-order valence-electron chi connectivity index (χ1n) is 9.89. The molecule has 0 aliphatic heterocycles. The molecule has 0 saturated heterocycles. The summed E-state index contributed by atoms with van der Waals surface area (Å²) < 4.78 is 8.49. The molecule has 2 rings (SSSR count). The van der Waals surface area contributed by atoms with Gasteiger partial charge >= 0.3 is 0 Å². The Balaban J connectivity index is 2.43. The summed E-state index contributed by atoms with van der Waals surface area (Å²) in [6, 6.07) is 8.46. The highest BCUT2D eigenvalue weighted by Gasteiger charge is 2.41. The van der Waals surface area contributed by atoms with E-state index in [9.17, 15) is 4.79 Å². The van der Waals surface area contributed by atoms with Crippen molar-refractivity contribution >= 4 is 33.4 Å². The number of carbonyl (C=O) groups is 1. The Kier molecular flexibility index (Phi) is 5.63. The van der Waals surface area contributed by atoms with Gasteiger partial charge in [-0.3, -0.25) is 4.79 Å². The molecule has 0 aliphatic carbocycles. The van der Waals surface area contributed by atoms with Gasteiger partial charge in [0.25, 0.3) is 14.3 Å². The average Bonchev–Trinajstić information content (AvgIpc) is 2.84. The fourth-order valence-corrected chi connectivity index (χ4v) is 5.79. The molecule has 2 aromatic rings. The Labute approximate surface area is 167 Å². The van der Waals surface area contributed by atoms with Crippen LogP contribution in [0.2, 0.25) is 36.3 Å². The highest BCUT2D eigenvalue weighted by molar-refractivity contribution is 6.79. The second kappa shape index (κ2) is 6.92. The van der Waals surface area contributed by atoms with Gasteiger partial charge in [0.2, 0.25) is 0 Å². The monoisotopic (exact) mass is 403 g/mol. The van der Waals surface area contributed by atoms with Crippen molar-refractivity contribution in [2.75, 3.05) is 0 Å². The molecule has 0 amide bonds. The maximum atomic E-state index is 12.8. The van der Waals surface area contributed by atoms with Gasteiger partial charge in [0, 0.05) is 10.9 Å². The minimum atomic E-state index is -2.10. The molecule has 0 fully saturated rings. The van der Waals surface area contributed by atoms with Gasteiger partial charge in [0.1, 0.15) is 0 Å². The molecular weight excluding hydrogens is 366 g/mol. The second-order valence-corrected chi connectivity index (χ2v) is 20.6. The highest BCUT2D eigenvalue weighted by atomic mass is 28.4. The third kappa shape index (κ3) is 4.24. The molecule has 0 N–H and O–H groups in total. The number of hydrogen-bond donors (Lipinski definition) is 0. The third-order valence-electron chi connectivity index (χ3n) is 6.74. The largest absolute Gasteiger partial charge is 0.519 e. The van der Waals surface area contributed by atoms with Crippen molar-refractivity contribution in [2.45, 2.75) is 84.2 Å². The molecular formula is C22H37NO2Si2. The first-order chi connectivity index (χ1) is 12.1. The van der Waals surface area contributed by atoms with E-state index in [1.165, 1.54) is 10.9 Å². The van der Waals surface area contributed by atoms with E-state index in [4.69, 9.17) is 4.43 Å². The number of nitrogens with zero attached hydrogens (tertiary/aromatic N) is 1. The number of fused-ring (bicyclic) bond motifs is 1. The van der Waals surface area contributed by atoms with Crippen LogP contribution in [0.4, 0.5) is 0 Å². The molecule has 3 nitrogen and oxygen atoms in total. The van der Waals surface area contributed by atoms with Crippen LogP contribution in [0.15, 0.2) is 30.5 Å². The molecule has 1 aromatic carbocycles. The van der Waals surface area contributed by atoms with Crippen molar-refractivity contribution < 1.29 is 9.22 Å². The van der Waals surface area contributed by atoms with Gasteiger partial charge in [-0.1, -0.05) is 72.8 Å². The van der Waals surface area contributed by atoms with Crippen molar-refractivity contribution in [3.63, 3.8) is 0 Å². The zero-order valence-corrected chi connectivity index (χ0v) is 20.9. The van der Waals surface area contributed by atoms with Crippen LogP contribution in [0, 0.1) is 0 Å². The molecule has 0 spiro atoms. The second-order valence-electron chi connectivity index (χ2n) is 10.8. The van der Waals surface area contributed by atoms with Gasteiger partial charge in [-0.15, -0.1) is 0 Å². The van der Waals surface area contributed by atoms with E-state index < -0.39 is 16.6 Å². The molecule has 0 atom stereocenters. The van der Waals surface area contributed by atoms with E-state index in [2.05, 4.69) is 102 Å². The van der Waals surface area contributed by atoms with Crippen molar-refractivity contribution in [1.29, 1.82) is 0 Å². The predicted octanol–water partition coefficient (Wildman–Crippen LogP) is 6.59. The highest BCUT2D eigenvalue weighted by Crippen LogP contribution is 2.40. The van der Waals surface area contributed by atoms with E-state index in [1.807, 2.05) is 0 Å². The van der Waals surface area contributed by atoms with Gasteiger partial charge in [-0.2, -0.15) is 0 Å². The smallest absolute Gasteiger partial charge is 0.297 e. The van der Waals surface area contributed by atoms with Crippen LogP contribution in [0.5, 0.6) is 0 Å². The molecule has 27 heavy (non-hydrogen) atoms. The Morgan fingerprint density at radius 1 is 0.963 bits per heavy atom. The summed E-state index contributed by atoms with van der Waals surface area (Å²) in [6.07, 6.45) is 2.56. The fraction of sp³-hybridized carbons (Fsp3) is 0.591. The summed E-state index contributed by atoms with van der Waals surface area (Å²) >= 11 is 0. The number of para-hydroxylation sites is 1.